The zero-order valence-corrected chi connectivity index (χ0v) is 14.8. The first-order valence-corrected chi connectivity index (χ1v) is 8.29. The SMILES string of the molecule is CC(C)(C)OCCC(NC(=O)Cc1ccc2c(c1)OCCO2)C(=O)O. The average molecular weight is 351 g/mol. The largest absolute Gasteiger partial charge is 0.486 e. The summed E-state index contributed by atoms with van der Waals surface area (Å²) >= 11 is 0. The number of fused-ring (bicyclic) bond motifs is 1. The summed E-state index contributed by atoms with van der Waals surface area (Å²) in [6.45, 7) is 6.90. The molecule has 0 radical (unpaired) electrons. The number of nitrogens with one attached hydrogen (secondary N) is 1. The van der Waals surface area contributed by atoms with Gasteiger partial charge in [0.15, 0.2) is 11.5 Å². The van der Waals surface area contributed by atoms with E-state index in [2.05, 4.69) is 5.32 Å². The van der Waals surface area contributed by atoms with Crippen LogP contribution in [0, 0.1) is 0 Å². The summed E-state index contributed by atoms with van der Waals surface area (Å²) in [6.07, 6.45) is 0.278. The molecule has 1 heterocycles. The number of amides is 1. The monoisotopic (exact) mass is 351 g/mol. The molecule has 1 aromatic rings. The van der Waals surface area contributed by atoms with Gasteiger partial charge in [-0.15, -0.1) is 0 Å². The summed E-state index contributed by atoms with van der Waals surface area (Å²) < 4.78 is 16.4. The predicted octanol–water partition coefficient (Wildman–Crippen LogP) is 1.77. The van der Waals surface area contributed by atoms with Crippen molar-refractivity contribution in [2.75, 3.05) is 19.8 Å². The highest BCUT2D eigenvalue weighted by molar-refractivity contribution is 5.84. The van der Waals surface area contributed by atoms with Gasteiger partial charge in [-0.3, -0.25) is 4.79 Å². The molecule has 7 heteroatoms. The minimum Gasteiger partial charge on any atom is -0.486 e. The summed E-state index contributed by atoms with van der Waals surface area (Å²) in [6, 6.07) is 4.29. The smallest absolute Gasteiger partial charge is 0.326 e. The van der Waals surface area contributed by atoms with E-state index >= 15 is 0 Å². The van der Waals surface area contributed by atoms with E-state index in [1.165, 1.54) is 0 Å². The lowest BCUT2D eigenvalue weighted by Crippen LogP contribution is -2.42. The molecular weight excluding hydrogens is 326 g/mol. The quantitative estimate of drug-likeness (QED) is 0.778. The fourth-order valence-electron chi connectivity index (χ4n) is 2.37. The maximum Gasteiger partial charge on any atom is 0.326 e. The van der Waals surface area contributed by atoms with Gasteiger partial charge < -0.3 is 24.6 Å². The van der Waals surface area contributed by atoms with Gasteiger partial charge in [-0.2, -0.15) is 0 Å². The van der Waals surface area contributed by atoms with Crippen LogP contribution in [0.25, 0.3) is 0 Å². The Labute approximate surface area is 147 Å². The van der Waals surface area contributed by atoms with Crippen LogP contribution < -0.4 is 14.8 Å². The molecule has 0 saturated carbocycles. The maximum absolute atomic E-state index is 12.2. The Balaban J connectivity index is 1.89. The molecule has 1 amide bonds. The van der Waals surface area contributed by atoms with Gasteiger partial charge >= 0.3 is 5.97 Å². The first-order chi connectivity index (χ1) is 11.7. The molecule has 1 aliphatic rings. The van der Waals surface area contributed by atoms with Crippen LogP contribution in [-0.4, -0.2) is 48.4 Å². The molecule has 1 aromatic carbocycles. The minimum atomic E-state index is -1.08. The van der Waals surface area contributed by atoms with Crippen LogP contribution in [0.2, 0.25) is 0 Å². The second kappa shape index (κ2) is 8.20. The van der Waals surface area contributed by atoms with Crippen molar-refractivity contribution in [2.24, 2.45) is 0 Å². The lowest BCUT2D eigenvalue weighted by atomic mass is 10.1. The fourth-order valence-corrected chi connectivity index (χ4v) is 2.37. The van der Waals surface area contributed by atoms with Gasteiger partial charge in [0, 0.05) is 13.0 Å². The second-order valence-corrected chi connectivity index (χ2v) is 6.86. The first kappa shape index (κ1) is 19.1. The lowest BCUT2D eigenvalue weighted by molar-refractivity contribution is -0.142. The molecule has 0 bridgehead atoms. The number of carbonyl (C=O) groups is 2. The minimum absolute atomic E-state index is 0.0700. The molecule has 1 aliphatic heterocycles. The standard InChI is InChI=1S/C18H25NO6/c1-18(2,3)25-7-6-13(17(21)22)19-16(20)11-12-4-5-14-15(10-12)24-9-8-23-14/h4-5,10,13H,6-9,11H2,1-3H3,(H,19,20)(H,21,22). The summed E-state index contributed by atoms with van der Waals surface area (Å²) in [5.74, 6) is -0.184. The molecule has 0 saturated heterocycles. The first-order valence-electron chi connectivity index (χ1n) is 8.29. The van der Waals surface area contributed by atoms with Crippen molar-refractivity contribution in [1.29, 1.82) is 0 Å². The number of hydrogen-bond donors (Lipinski definition) is 2. The van der Waals surface area contributed by atoms with Gasteiger partial charge in [-0.25, -0.2) is 4.79 Å². The number of carbonyl (C=O) groups excluding carboxylic acids is 1. The third-order valence-electron chi connectivity index (χ3n) is 3.55. The molecule has 25 heavy (non-hydrogen) atoms. The zero-order valence-electron chi connectivity index (χ0n) is 14.8. The molecule has 0 aliphatic carbocycles. The predicted molar refractivity (Wildman–Crippen MR) is 91.0 cm³/mol. The lowest BCUT2D eigenvalue weighted by Gasteiger charge is -2.21. The molecular formula is C18H25NO6. The van der Waals surface area contributed by atoms with E-state index in [-0.39, 0.29) is 31.0 Å². The van der Waals surface area contributed by atoms with Crippen LogP contribution in [0.4, 0.5) is 0 Å². The summed E-state index contributed by atoms with van der Waals surface area (Å²) in [5.41, 5.74) is 0.384. The molecule has 1 unspecified atom stereocenters. The van der Waals surface area contributed by atoms with Gasteiger partial charge in [0.1, 0.15) is 19.3 Å². The maximum atomic E-state index is 12.2. The Bertz CT molecular complexity index is 622. The number of hydrogen-bond acceptors (Lipinski definition) is 5. The molecule has 0 aromatic heterocycles. The Hall–Kier alpha value is -2.28. The Morgan fingerprint density at radius 1 is 1.24 bits per heavy atom. The van der Waals surface area contributed by atoms with E-state index in [1.54, 1.807) is 18.2 Å². The van der Waals surface area contributed by atoms with Crippen LogP contribution in [0.1, 0.15) is 32.8 Å². The van der Waals surface area contributed by atoms with Crippen molar-refractivity contribution in [3.05, 3.63) is 23.8 Å². The van der Waals surface area contributed by atoms with Crippen molar-refractivity contribution in [3.63, 3.8) is 0 Å². The molecule has 7 nitrogen and oxygen atoms in total. The van der Waals surface area contributed by atoms with Crippen molar-refractivity contribution >= 4 is 11.9 Å². The van der Waals surface area contributed by atoms with Gasteiger partial charge in [-0.1, -0.05) is 6.07 Å². The van der Waals surface area contributed by atoms with Crippen LogP contribution in [0.5, 0.6) is 11.5 Å². The number of carboxylic acids is 1. The highest BCUT2D eigenvalue weighted by Gasteiger charge is 2.22. The Kier molecular flexibility index (Phi) is 6.25. The van der Waals surface area contributed by atoms with Crippen molar-refractivity contribution in [1.82, 2.24) is 5.32 Å². The average Bonchev–Trinajstić information content (AvgIpc) is 2.52. The summed E-state index contributed by atoms with van der Waals surface area (Å²) in [7, 11) is 0. The van der Waals surface area contributed by atoms with Crippen LogP contribution >= 0.6 is 0 Å². The number of benzene rings is 1. The van der Waals surface area contributed by atoms with E-state index in [0.29, 0.717) is 24.7 Å². The van der Waals surface area contributed by atoms with Gasteiger partial charge in [0.25, 0.3) is 0 Å². The number of aliphatic carboxylic acids is 1. The molecule has 2 N–H and O–H groups in total. The molecule has 0 spiro atoms. The van der Waals surface area contributed by atoms with E-state index in [1.807, 2.05) is 20.8 Å². The van der Waals surface area contributed by atoms with Gasteiger partial charge in [0.05, 0.1) is 12.0 Å². The highest BCUT2D eigenvalue weighted by atomic mass is 16.6. The second-order valence-electron chi connectivity index (χ2n) is 6.86. The third kappa shape index (κ3) is 6.26. The van der Waals surface area contributed by atoms with E-state index < -0.39 is 12.0 Å². The van der Waals surface area contributed by atoms with E-state index in [9.17, 15) is 14.7 Å². The Morgan fingerprint density at radius 3 is 2.56 bits per heavy atom. The van der Waals surface area contributed by atoms with Crippen LogP contribution in [0.3, 0.4) is 0 Å². The normalized spacial score (nSPS) is 14.7. The van der Waals surface area contributed by atoms with Crippen LogP contribution in [0.15, 0.2) is 18.2 Å². The number of ether oxygens (including phenoxy) is 3. The third-order valence-corrected chi connectivity index (χ3v) is 3.55. The number of carboxylic acid groups (broad SMARTS) is 1. The topological polar surface area (TPSA) is 94.1 Å². The van der Waals surface area contributed by atoms with E-state index in [0.717, 1.165) is 5.56 Å². The summed E-state index contributed by atoms with van der Waals surface area (Å²) in [4.78, 5) is 23.5. The number of rotatable bonds is 7. The molecule has 1 atom stereocenters. The zero-order chi connectivity index (χ0) is 18.4. The van der Waals surface area contributed by atoms with Gasteiger partial charge in [0.2, 0.25) is 5.91 Å². The molecule has 138 valence electrons. The molecule has 0 fully saturated rings. The fraction of sp³-hybridized carbons (Fsp3) is 0.556. The van der Waals surface area contributed by atoms with Crippen LogP contribution in [-0.2, 0) is 20.7 Å². The highest BCUT2D eigenvalue weighted by Crippen LogP contribution is 2.30. The Morgan fingerprint density at radius 2 is 1.92 bits per heavy atom. The van der Waals surface area contributed by atoms with Crippen molar-refractivity contribution < 1.29 is 28.9 Å². The van der Waals surface area contributed by atoms with Gasteiger partial charge in [-0.05, 0) is 38.5 Å². The molecule has 2 rings (SSSR count). The van der Waals surface area contributed by atoms with Crippen molar-refractivity contribution in [3.8, 4) is 11.5 Å². The van der Waals surface area contributed by atoms with Crippen molar-refractivity contribution in [2.45, 2.75) is 45.3 Å². The van der Waals surface area contributed by atoms with E-state index in [4.69, 9.17) is 14.2 Å². The summed E-state index contributed by atoms with van der Waals surface area (Å²) in [5, 5.41) is 11.8.